The molecule has 4 unspecified atom stereocenters. The number of ether oxygens (including phenoxy) is 1. The van der Waals surface area contributed by atoms with Crippen LogP contribution in [0.3, 0.4) is 0 Å². The van der Waals surface area contributed by atoms with Crippen molar-refractivity contribution in [1.82, 2.24) is 14.9 Å². The van der Waals surface area contributed by atoms with Crippen LogP contribution in [0.1, 0.15) is 78.5 Å². The fourth-order valence-electron chi connectivity index (χ4n) is 6.44. The Balaban J connectivity index is 1.57. The summed E-state index contributed by atoms with van der Waals surface area (Å²) in [6, 6.07) is 17.2. The van der Waals surface area contributed by atoms with Crippen molar-refractivity contribution in [1.29, 1.82) is 0 Å². The molecule has 2 N–H and O–H groups in total. The van der Waals surface area contributed by atoms with Gasteiger partial charge in [0.2, 0.25) is 15.9 Å². The predicted octanol–water partition coefficient (Wildman–Crippen LogP) is 5.81. The van der Waals surface area contributed by atoms with Crippen LogP contribution in [0, 0.1) is 0 Å². The van der Waals surface area contributed by atoms with Crippen LogP contribution in [0.25, 0.3) is 0 Å². The lowest BCUT2D eigenvalue weighted by Gasteiger charge is -2.49. The molecule has 2 aliphatic rings. The van der Waals surface area contributed by atoms with E-state index in [2.05, 4.69) is 10.0 Å². The van der Waals surface area contributed by atoms with Crippen LogP contribution in [0.15, 0.2) is 66.7 Å². The Morgan fingerprint density at radius 2 is 1.74 bits per heavy atom. The summed E-state index contributed by atoms with van der Waals surface area (Å²) in [7, 11) is -3.59. The van der Waals surface area contributed by atoms with E-state index in [1.807, 2.05) is 6.07 Å². The Labute approximate surface area is 279 Å². The topological polar surface area (TPSA) is 122 Å². The molecule has 46 heavy (non-hydrogen) atoms. The van der Waals surface area contributed by atoms with Crippen molar-refractivity contribution in [2.75, 3.05) is 6.26 Å². The Hall–Kier alpha value is -3.44. The monoisotopic (exact) mass is 685 g/mol. The van der Waals surface area contributed by atoms with E-state index in [4.69, 9.17) is 27.9 Å². The molecule has 0 radical (unpaired) electrons. The highest BCUT2D eigenvalue weighted by atomic mass is 35.5. The van der Waals surface area contributed by atoms with Crippen molar-refractivity contribution in [3.63, 3.8) is 0 Å². The molecule has 12 heteroatoms. The minimum atomic E-state index is -3.59. The number of amides is 2. The average molecular weight is 687 g/mol. The number of Topliss-reactive ketones (excluding diaryl/α,β-unsaturated/α-hetero) is 1. The molecule has 0 spiro atoms. The maximum atomic E-state index is 14.4. The normalized spacial score (nSPS) is 22.1. The minimum Gasteiger partial charge on any atom is -0.483 e. The first-order valence-electron chi connectivity index (χ1n) is 15.2. The van der Waals surface area contributed by atoms with E-state index in [0.717, 1.165) is 24.7 Å². The van der Waals surface area contributed by atoms with Crippen molar-refractivity contribution < 1.29 is 27.5 Å². The lowest BCUT2D eigenvalue weighted by atomic mass is 9.76. The van der Waals surface area contributed by atoms with Crippen molar-refractivity contribution in [3.05, 3.63) is 99.0 Å². The molecule has 1 heterocycles. The number of halogens is 2. The summed E-state index contributed by atoms with van der Waals surface area (Å²) in [5.41, 5.74) is 2.21. The van der Waals surface area contributed by atoms with Crippen LogP contribution in [0.5, 0.6) is 5.75 Å². The van der Waals surface area contributed by atoms with Crippen molar-refractivity contribution in [2.24, 2.45) is 0 Å². The van der Waals surface area contributed by atoms with Gasteiger partial charge in [-0.1, -0.05) is 72.4 Å². The summed E-state index contributed by atoms with van der Waals surface area (Å²) >= 11 is 13.1. The second-order valence-corrected chi connectivity index (χ2v) is 14.6. The molecule has 9 nitrogen and oxygen atoms in total. The molecule has 3 aromatic rings. The van der Waals surface area contributed by atoms with E-state index in [1.165, 1.54) is 6.92 Å². The Bertz CT molecular complexity index is 1750. The maximum absolute atomic E-state index is 14.4. The number of nitrogens with zero attached hydrogens (tertiary/aromatic N) is 1. The number of sulfonamides is 1. The number of hydrogen-bond acceptors (Lipinski definition) is 6. The third-order valence-electron chi connectivity index (χ3n) is 8.64. The van der Waals surface area contributed by atoms with Gasteiger partial charge < -0.3 is 15.0 Å². The van der Waals surface area contributed by atoms with E-state index < -0.39 is 40.2 Å². The fraction of sp³-hybridized carbons (Fsp3) is 0.382. The number of ketones is 1. The zero-order valence-electron chi connectivity index (χ0n) is 25.8. The van der Waals surface area contributed by atoms with Gasteiger partial charge in [-0.2, -0.15) is 0 Å². The van der Waals surface area contributed by atoms with Crippen LogP contribution in [0.2, 0.25) is 10.0 Å². The second-order valence-electron chi connectivity index (χ2n) is 12.0. The van der Waals surface area contributed by atoms with E-state index in [-0.39, 0.29) is 24.1 Å². The zero-order chi connectivity index (χ0) is 33.2. The second kappa shape index (κ2) is 14.1. The lowest BCUT2D eigenvalue weighted by Crippen LogP contribution is -2.59. The first kappa shape index (κ1) is 33.9. The summed E-state index contributed by atoms with van der Waals surface area (Å²) < 4.78 is 33.3. The van der Waals surface area contributed by atoms with Crippen molar-refractivity contribution in [2.45, 2.75) is 76.2 Å². The average Bonchev–Trinajstić information content (AvgIpc) is 3.00. The first-order valence-corrected chi connectivity index (χ1v) is 17.9. The molecule has 5 atom stereocenters. The highest BCUT2D eigenvalue weighted by molar-refractivity contribution is 7.88. The lowest BCUT2D eigenvalue weighted by molar-refractivity contribution is -0.125. The molecule has 1 fully saturated rings. The number of rotatable bonds is 10. The van der Waals surface area contributed by atoms with Crippen molar-refractivity contribution in [3.8, 4) is 5.75 Å². The summed E-state index contributed by atoms with van der Waals surface area (Å²) in [6.45, 7) is 3.29. The molecule has 1 saturated carbocycles. The van der Waals surface area contributed by atoms with Crippen LogP contribution in [0.4, 0.5) is 0 Å². The van der Waals surface area contributed by atoms with Crippen LogP contribution in [-0.2, 0) is 26.2 Å². The minimum absolute atomic E-state index is 0.104. The van der Waals surface area contributed by atoms with E-state index in [9.17, 15) is 22.8 Å². The van der Waals surface area contributed by atoms with Crippen LogP contribution >= 0.6 is 23.2 Å². The van der Waals surface area contributed by atoms with Gasteiger partial charge in [0.25, 0.3) is 5.91 Å². The standard InChI is InChI=1S/C34H37Cl2N3O6S/c1-20(40)21(2)45-24-10-8-9-22(17-24)19-37-33(41)31-25-11-4-5-12-26(25)34(42)39(32(31)27-16-15-23(35)18-28(27)36)30-14-7-6-13-29(30)38-46(3,43)44/h4-5,8-12,15-18,21,29-32,38H,6-7,13-14,19H2,1-3H3,(H,37,41)/t21-,29?,30?,31?,32?/m0/s1. The molecule has 3 aromatic carbocycles. The van der Waals surface area contributed by atoms with Gasteiger partial charge in [0.15, 0.2) is 11.9 Å². The van der Waals surface area contributed by atoms with Gasteiger partial charge in [-0.3, -0.25) is 14.4 Å². The Morgan fingerprint density at radius 1 is 1.00 bits per heavy atom. The van der Waals surface area contributed by atoms with Gasteiger partial charge in [-0.05, 0) is 73.7 Å². The number of carbonyl (C=O) groups is 3. The Morgan fingerprint density at radius 3 is 2.46 bits per heavy atom. The number of hydrogen-bond donors (Lipinski definition) is 2. The van der Waals surface area contributed by atoms with E-state index in [1.54, 1.807) is 72.5 Å². The smallest absolute Gasteiger partial charge is 0.255 e. The molecule has 1 aliphatic heterocycles. The number of nitrogens with one attached hydrogen (secondary N) is 2. The quantitative estimate of drug-likeness (QED) is 0.278. The molecule has 0 saturated heterocycles. The molecule has 244 valence electrons. The zero-order valence-corrected chi connectivity index (χ0v) is 28.2. The summed E-state index contributed by atoms with van der Waals surface area (Å²) in [5, 5.41) is 3.75. The number of benzene rings is 3. The van der Waals surface area contributed by atoms with Gasteiger partial charge in [0.05, 0.1) is 18.2 Å². The molecule has 0 bridgehead atoms. The predicted molar refractivity (Wildman–Crippen MR) is 178 cm³/mol. The van der Waals surface area contributed by atoms with Gasteiger partial charge in [-0.25, -0.2) is 13.1 Å². The summed E-state index contributed by atoms with van der Waals surface area (Å²) in [4.78, 5) is 42.2. The SMILES string of the molecule is CC(=O)[C@H](C)Oc1cccc(CNC(=O)C2c3ccccc3C(=O)N(C3CCCCC3NS(C)(=O)=O)C2c2ccc(Cl)cc2Cl)c1. The van der Waals surface area contributed by atoms with Gasteiger partial charge >= 0.3 is 0 Å². The molecule has 2 amide bonds. The van der Waals surface area contributed by atoms with Gasteiger partial charge in [0, 0.05) is 34.2 Å². The third kappa shape index (κ3) is 7.57. The van der Waals surface area contributed by atoms with Crippen LogP contribution < -0.4 is 14.8 Å². The highest BCUT2D eigenvalue weighted by Gasteiger charge is 2.49. The van der Waals surface area contributed by atoms with Crippen LogP contribution in [-0.4, -0.2) is 55.4 Å². The van der Waals surface area contributed by atoms with Gasteiger partial charge in [0.1, 0.15) is 5.75 Å². The Kier molecular flexibility index (Phi) is 10.4. The van der Waals surface area contributed by atoms with E-state index in [0.29, 0.717) is 45.3 Å². The van der Waals surface area contributed by atoms with E-state index >= 15 is 0 Å². The molecular formula is C34H37Cl2N3O6S. The molecular weight excluding hydrogens is 649 g/mol. The first-order chi connectivity index (χ1) is 21.8. The maximum Gasteiger partial charge on any atom is 0.255 e. The largest absolute Gasteiger partial charge is 0.483 e. The third-order valence-corrected chi connectivity index (χ3v) is 9.94. The highest BCUT2D eigenvalue weighted by Crippen LogP contribution is 2.48. The molecule has 0 aromatic heterocycles. The fourth-order valence-corrected chi connectivity index (χ4v) is 7.79. The number of fused-ring (bicyclic) bond motifs is 1. The van der Waals surface area contributed by atoms with Gasteiger partial charge in [-0.15, -0.1) is 0 Å². The summed E-state index contributed by atoms with van der Waals surface area (Å²) in [5.74, 6) is -1.12. The molecule has 5 rings (SSSR count). The number of carbonyl (C=O) groups excluding carboxylic acids is 3. The van der Waals surface area contributed by atoms with Crippen molar-refractivity contribution >= 4 is 50.8 Å². The molecule has 1 aliphatic carbocycles. The summed E-state index contributed by atoms with van der Waals surface area (Å²) in [6.07, 6.45) is 3.17.